The van der Waals surface area contributed by atoms with E-state index in [4.69, 9.17) is 15.2 Å². The zero-order chi connectivity index (χ0) is 19.2. The van der Waals surface area contributed by atoms with Gasteiger partial charge in [0.1, 0.15) is 10.4 Å². The molecule has 0 atom stereocenters. The van der Waals surface area contributed by atoms with Crippen LogP contribution >= 0.6 is 15.9 Å². The summed E-state index contributed by atoms with van der Waals surface area (Å²) in [6.45, 7) is 9.26. The van der Waals surface area contributed by atoms with Crippen LogP contribution in [0.1, 0.15) is 25.3 Å². The average Bonchev–Trinajstić information content (AvgIpc) is 2.64. The first kappa shape index (κ1) is 19.8. The van der Waals surface area contributed by atoms with E-state index in [0.717, 1.165) is 50.7 Å². The Bertz CT molecular complexity index is 768. The lowest BCUT2D eigenvalue weighted by molar-refractivity contribution is 0.0398. The molecule has 8 nitrogen and oxygen atoms in total. The molecule has 0 saturated carbocycles. The topological polar surface area (TPSA) is 98.4 Å². The van der Waals surface area contributed by atoms with E-state index in [1.54, 1.807) is 6.20 Å². The van der Waals surface area contributed by atoms with Gasteiger partial charge in [-0.05, 0) is 21.8 Å². The molecular formula is C18H25BrN6O2. The zero-order valence-electron chi connectivity index (χ0n) is 15.6. The first-order valence-corrected chi connectivity index (χ1v) is 9.82. The number of morpholine rings is 1. The smallest absolute Gasteiger partial charge is 0.222 e. The maximum absolute atomic E-state index is 6.13. The summed E-state index contributed by atoms with van der Waals surface area (Å²) in [6.07, 6.45) is 3.41. The van der Waals surface area contributed by atoms with E-state index in [9.17, 15) is 0 Å². The van der Waals surface area contributed by atoms with Gasteiger partial charge in [0.05, 0.1) is 19.4 Å². The molecule has 2 aromatic rings. The van der Waals surface area contributed by atoms with Crippen LogP contribution in [0.5, 0.6) is 11.5 Å². The fourth-order valence-corrected chi connectivity index (χ4v) is 3.12. The summed E-state index contributed by atoms with van der Waals surface area (Å²) in [5, 5.41) is 3.32. The maximum atomic E-state index is 6.13. The van der Waals surface area contributed by atoms with Crippen LogP contribution in [0, 0.1) is 0 Å². The van der Waals surface area contributed by atoms with Gasteiger partial charge in [0.2, 0.25) is 5.95 Å². The molecule has 0 unspecified atom stereocenters. The van der Waals surface area contributed by atoms with Gasteiger partial charge in [-0.1, -0.05) is 13.8 Å². The van der Waals surface area contributed by atoms with Gasteiger partial charge in [-0.15, -0.1) is 0 Å². The van der Waals surface area contributed by atoms with Crippen LogP contribution in [-0.4, -0.2) is 59.2 Å². The lowest BCUT2D eigenvalue weighted by Gasteiger charge is -2.26. The highest BCUT2D eigenvalue weighted by Gasteiger charge is 2.15. The van der Waals surface area contributed by atoms with E-state index < -0.39 is 0 Å². The van der Waals surface area contributed by atoms with Crippen LogP contribution in [0.4, 0.5) is 11.8 Å². The van der Waals surface area contributed by atoms with Crippen molar-refractivity contribution in [1.82, 2.24) is 19.9 Å². The molecule has 1 saturated heterocycles. The van der Waals surface area contributed by atoms with E-state index in [0.29, 0.717) is 16.2 Å². The molecule has 3 rings (SSSR count). The molecule has 0 spiro atoms. The quantitative estimate of drug-likeness (QED) is 0.639. The van der Waals surface area contributed by atoms with Gasteiger partial charge in [-0.25, -0.2) is 9.97 Å². The van der Waals surface area contributed by atoms with Crippen molar-refractivity contribution in [2.45, 2.75) is 19.8 Å². The van der Waals surface area contributed by atoms with Crippen molar-refractivity contribution in [3.8, 4) is 11.5 Å². The first-order chi connectivity index (χ1) is 13.0. The third kappa shape index (κ3) is 5.50. The van der Waals surface area contributed by atoms with Crippen LogP contribution in [-0.2, 0) is 4.74 Å². The standard InChI is InChI=1S/C18H25BrN6O2/c1-12(2)13-10-22-16(19)9-14(13)27-15-11-23-18(20)24-17(15)21-3-4-25-5-7-26-8-6-25/h9-12H,3-8H2,1-2H3,(H3,20,21,23,24). The van der Waals surface area contributed by atoms with E-state index in [-0.39, 0.29) is 11.9 Å². The van der Waals surface area contributed by atoms with Gasteiger partial charge in [0.25, 0.3) is 0 Å². The Morgan fingerprint density at radius 2 is 2.04 bits per heavy atom. The highest BCUT2D eigenvalue weighted by molar-refractivity contribution is 9.10. The summed E-state index contributed by atoms with van der Waals surface area (Å²) >= 11 is 3.40. The minimum atomic E-state index is 0.205. The van der Waals surface area contributed by atoms with Gasteiger partial charge < -0.3 is 20.5 Å². The molecule has 146 valence electrons. The van der Waals surface area contributed by atoms with Gasteiger partial charge in [-0.2, -0.15) is 4.98 Å². The monoisotopic (exact) mass is 436 g/mol. The number of ether oxygens (including phenoxy) is 2. The van der Waals surface area contributed by atoms with Crippen LogP contribution in [0.3, 0.4) is 0 Å². The molecule has 1 aliphatic heterocycles. The van der Waals surface area contributed by atoms with Gasteiger partial charge in [0, 0.05) is 44.0 Å². The Morgan fingerprint density at radius 1 is 1.26 bits per heavy atom. The van der Waals surface area contributed by atoms with Crippen LogP contribution in [0.2, 0.25) is 0 Å². The van der Waals surface area contributed by atoms with Crippen LogP contribution < -0.4 is 15.8 Å². The SMILES string of the molecule is CC(C)c1cnc(Br)cc1Oc1cnc(N)nc1NCCN1CCOCC1. The van der Waals surface area contributed by atoms with Gasteiger partial charge in [0.15, 0.2) is 11.6 Å². The van der Waals surface area contributed by atoms with E-state index in [1.165, 1.54) is 0 Å². The number of rotatable bonds is 7. The highest BCUT2D eigenvalue weighted by Crippen LogP contribution is 2.34. The summed E-state index contributed by atoms with van der Waals surface area (Å²) in [4.78, 5) is 15.0. The summed E-state index contributed by atoms with van der Waals surface area (Å²) < 4.78 is 12.2. The molecule has 3 heterocycles. The van der Waals surface area contributed by atoms with Crippen molar-refractivity contribution in [2.75, 3.05) is 50.4 Å². The predicted molar refractivity (Wildman–Crippen MR) is 108 cm³/mol. The number of anilines is 2. The number of nitrogens with zero attached hydrogens (tertiary/aromatic N) is 4. The third-order valence-electron chi connectivity index (χ3n) is 4.30. The minimum Gasteiger partial charge on any atom is -0.451 e. The van der Waals surface area contributed by atoms with Crippen molar-refractivity contribution in [3.05, 3.63) is 28.6 Å². The van der Waals surface area contributed by atoms with Gasteiger partial charge >= 0.3 is 0 Å². The Labute approximate surface area is 167 Å². The van der Waals surface area contributed by atoms with Crippen molar-refractivity contribution >= 4 is 27.7 Å². The summed E-state index contributed by atoms with van der Waals surface area (Å²) in [5.41, 5.74) is 6.78. The predicted octanol–water partition coefficient (Wildman–Crippen LogP) is 2.88. The molecule has 9 heteroatoms. The normalized spacial score (nSPS) is 15.1. The second-order valence-corrected chi connectivity index (χ2v) is 7.44. The highest BCUT2D eigenvalue weighted by atomic mass is 79.9. The number of hydrogen-bond acceptors (Lipinski definition) is 8. The molecule has 0 bridgehead atoms. The molecule has 1 fully saturated rings. The number of nitrogen functional groups attached to an aromatic ring is 1. The second kappa shape index (κ2) is 9.29. The minimum absolute atomic E-state index is 0.205. The molecule has 3 N–H and O–H groups in total. The van der Waals surface area contributed by atoms with Crippen molar-refractivity contribution in [2.24, 2.45) is 0 Å². The van der Waals surface area contributed by atoms with E-state index in [2.05, 4.69) is 54.9 Å². The van der Waals surface area contributed by atoms with Crippen molar-refractivity contribution in [1.29, 1.82) is 0 Å². The fourth-order valence-electron chi connectivity index (χ4n) is 2.81. The molecule has 0 amide bonds. The fraction of sp³-hybridized carbons (Fsp3) is 0.500. The summed E-state index contributed by atoms with van der Waals surface area (Å²) in [5.74, 6) is 2.31. The number of nitrogens with one attached hydrogen (secondary N) is 1. The van der Waals surface area contributed by atoms with E-state index >= 15 is 0 Å². The largest absolute Gasteiger partial charge is 0.451 e. The number of aromatic nitrogens is 3. The van der Waals surface area contributed by atoms with Crippen LogP contribution in [0.15, 0.2) is 23.1 Å². The number of hydrogen-bond donors (Lipinski definition) is 2. The lowest BCUT2D eigenvalue weighted by atomic mass is 10.1. The number of pyridine rings is 1. The molecular weight excluding hydrogens is 412 g/mol. The second-order valence-electron chi connectivity index (χ2n) is 6.62. The molecule has 1 aliphatic rings. The Balaban J connectivity index is 1.73. The summed E-state index contributed by atoms with van der Waals surface area (Å²) in [6, 6.07) is 1.85. The summed E-state index contributed by atoms with van der Waals surface area (Å²) in [7, 11) is 0. The molecule has 2 aromatic heterocycles. The zero-order valence-corrected chi connectivity index (χ0v) is 17.2. The molecule has 0 aromatic carbocycles. The lowest BCUT2D eigenvalue weighted by Crippen LogP contribution is -2.39. The number of halogens is 1. The Hall–Kier alpha value is -1.97. The molecule has 0 aliphatic carbocycles. The van der Waals surface area contributed by atoms with Gasteiger partial charge in [-0.3, -0.25) is 4.90 Å². The van der Waals surface area contributed by atoms with Crippen molar-refractivity contribution < 1.29 is 9.47 Å². The molecule has 0 radical (unpaired) electrons. The maximum Gasteiger partial charge on any atom is 0.222 e. The molecule has 27 heavy (non-hydrogen) atoms. The Morgan fingerprint density at radius 3 is 2.78 bits per heavy atom. The average molecular weight is 437 g/mol. The first-order valence-electron chi connectivity index (χ1n) is 9.02. The third-order valence-corrected chi connectivity index (χ3v) is 4.74. The van der Waals surface area contributed by atoms with E-state index in [1.807, 2.05) is 12.3 Å². The van der Waals surface area contributed by atoms with Crippen LogP contribution in [0.25, 0.3) is 0 Å². The number of nitrogens with two attached hydrogens (primary N) is 1. The van der Waals surface area contributed by atoms with Crippen molar-refractivity contribution in [3.63, 3.8) is 0 Å². The Kier molecular flexibility index (Phi) is 6.81.